The molecular weight excluding hydrogens is 442 g/mol. The van der Waals surface area contributed by atoms with E-state index in [-0.39, 0.29) is 6.54 Å². The topological polar surface area (TPSA) is 97.3 Å². The number of nitrogens with zero attached hydrogens (tertiary/aromatic N) is 2. The molecular formula is C24H25N3O5S. The molecule has 0 aromatic heterocycles. The Bertz CT molecular complexity index is 1230. The first-order valence-corrected chi connectivity index (χ1v) is 11.8. The third-order valence-electron chi connectivity index (χ3n) is 4.79. The number of carbonyl (C=O) groups excluding carboxylic acids is 1. The summed E-state index contributed by atoms with van der Waals surface area (Å²) in [5.41, 5.74) is 4.82. The van der Waals surface area contributed by atoms with E-state index in [9.17, 15) is 13.2 Å². The van der Waals surface area contributed by atoms with Gasteiger partial charge < -0.3 is 9.47 Å². The van der Waals surface area contributed by atoms with Crippen LogP contribution in [-0.2, 0) is 16.6 Å². The van der Waals surface area contributed by atoms with Crippen LogP contribution >= 0.6 is 0 Å². The summed E-state index contributed by atoms with van der Waals surface area (Å²) in [7, 11) is -0.409. The Morgan fingerprint density at radius 1 is 0.970 bits per heavy atom. The van der Waals surface area contributed by atoms with Gasteiger partial charge in [-0.15, -0.1) is 0 Å². The highest BCUT2D eigenvalue weighted by molar-refractivity contribution is 7.92. The van der Waals surface area contributed by atoms with Crippen molar-refractivity contribution in [2.24, 2.45) is 5.10 Å². The summed E-state index contributed by atoms with van der Waals surface area (Å²) in [5.74, 6) is 0.667. The zero-order valence-electron chi connectivity index (χ0n) is 18.6. The van der Waals surface area contributed by atoms with Crippen molar-refractivity contribution in [2.75, 3.05) is 24.8 Å². The van der Waals surface area contributed by atoms with Gasteiger partial charge >= 0.3 is 0 Å². The molecule has 0 bridgehead atoms. The van der Waals surface area contributed by atoms with Crippen LogP contribution in [0, 0.1) is 0 Å². The SMILES string of the molecule is COc1cccc(/C=N\NC(=O)c2ccc(CN(c3ccccc3)S(C)(=O)=O)cc2)c1OC. The highest BCUT2D eigenvalue weighted by Gasteiger charge is 2.18. The van der Waals surface area contributed by atoms with Crippen molar-refractivity contribution in [2.45, 2.75) is 6.54 Å². The third kappa shape index (κ3) is 6.11. The number of hydrogen-bond acceptors (Lipinski definition) is 6. The van der Waals surface area contributed by atoms with Gasteiger partial charge in [0.15, 0.2) is 11.5 Å². The molecule has 0 aliphatic heterocycles. The molecule has 9 heteroatoms. The molecule has 0 spiro atoms. The molecule has 1 amide bonds. The van der Waals surface area contributed by atoms with E-state index in [1.54, 1.807) is 73.8 Å². The number of hydrogen-bond donors (Lipinski definition) is 1. The molecule has 0 aliphatic carbocycles. The van der Waals surface area contributed by atoms with Crippen LogP contribution in [0.25, 0.3) is 0 Å². The van der Waals surface area contributed by atoms with Crippen molar-refractivity contribution >= 4 is 27.8 Å². The summed E-state index contributed by atoms with van der Waals surface area (Å²) in [6, 6.07) is 20.9. The van der Waals surface area contributed by atoms with Gasteiger partial charge in [-0.25, -0.2) is 13.8 Å². The van der Waals surface area contributed by atoms with Gasteiger partial charge in [-0.05, 0) is 42.0 Å². The summed E-state index contributed by atoms with van der Waals surface area (Å²) < 4.78 is 36.4. The molecule has 0 fully saturated rings. The van der Waals surface area contributed by atoms with Crippen molar-refractivity contribution in [3.05, 3.63) is 89.5 Å². The van der Waals surface area contributed by atoms with Gasteiger partial charge in [0.1, 0.15) is 0 Å². The molecule has 0 aliphatic rings. The van der Waals surface area contributed by atoms with Gasteiger partial charge in [0, 0.05) is 11.1 Å². The lowest BCUT2D eigenvalue weighted by molar-refractivity contribution is 0.0955. The minimum Gasteiger partial charge on any atom is -0.493 e. The van der Waals surface area contributed by atoms with Crippen LogP contribution in [-0.4, -0.2) is 41.0 Å². The lowest BCUT2D eigenvalue weighted by Crippen LogP contribution is -2.29. The summed E-state index contributed by atoms with van der Waals surface area (Å²) in [5, 5.41) is 4.00. The van der Waals surface area contributed by atoms with Crippen molar-refractivity contribution in [3.63, 3.8) is 0 Å². The maximum Gasteiger partial charge on any atom is 0.271 e. The number of benzene rings is 3. The number of sulfonamides is 1. The number of hydrazone groups is 1. The van der Waals surface area contributed by atoms with Crippen LogP contribution in [0.4, 0.5) is 5.69 Å². The molecule has 0 saturated heterocycles. The van der Waals surface area contributed by atoms with Crippen LogP contribution in [0.2, 0.25) is 0 Å². The standard InChI is InChI=1S/C24H25N3O5S/c1-31-22-11-7-8-20(23(22)32-2)16-25-26-24(28)19-14-12-18(13-15-19)17-27(33(3,29)30)21-9-5-4-6-10-21/h4-16H,17H2,1-3H3,(H,26,28)/b25-16-. The number of carbonyl (C=O) groups is 1. The molecule has 0 saturated carbocycles. The molecule has 0 radical (unpaired) electrons. The maximum absolute atomic E-state index is 12.4. The summed E-state index contributed by atoms with van der Waals surface area (Å²) in [6.07, 6.45) is 2.63. The fourth-order valence-electron chi connectivity index (χ4n) is 3.16. The quantitative estimate of drug-likeness (QED) is 0.384. The second kappa shape index (κ2) is 10.6. The Hall–Kier alpha value is -3.85. The largest absolute Gasteiger partial charge is 0.493 e. The van der Waals surface area contributed by atoms with E-state index < -0.39 is 15.9 Å². The van der Waals surface area contributed by atoms with Crippen molar-refractivity contribution < 1.29 is 22.7 Å². The minimum atomic E-state index is -3.48. The minimum absolute atomic E-state index is 0.151. The molecule has 172 valence electrons. The maximum atomic E-state index is 12.4. The summed E-state index contributed by atoms with van der Waals surface area (Å²) in [6.45, 7) is 0.151. The van der Waals surface area contributed by atoms with Gasteiger partial charge in [-0.2, -0.15) is 5.10 Å². The molecule has 0 heterocycles. The highest BCUT2D eigenvalue weighted by atomic mass is 32.2. The van der Waals surface area contributed by atoms with E-state index in [1.165, 1.54) is 17.6 Å². The lowest BCUT2D eigenvalue weighted by atomic mass is 10.1. The second-order valence-electron chi connectivity index (χ2n) is 7.08. The molecule has 3 aromatic carbocycles. The number of rotatable bonds is 9. The zero-order chi connectivity index (χ0) is 23.8. The average Bonchev–Trinajstić information content (AvgIpc) is 2.82. The van der Waals surface area contributed by atoms with Crippen molar-refractivity contribution in [1.29, 1.82) is 0 Å². The number of methoxy groups -OCH3 is 2. The Labute approximate surface area is 193 Å². The Kier molecular flexibility index (Phi) is 7.68. The van der Waals surface area contributed by atoms with E-state index in [4.69, 9.17) is 9.47 Å². The van der Waals surface area contributed by atoms with Crippen LogP contribution in [0.5, 0.6) is 11.5 Å². The van der Waals surface area contributed by atoms with Crippen LogP contribution < -0.4 is 19.2 Å². The van der Waals surface area contributed by atoms with Crippen molar-refractivity contribution in [3.8, 4) is 11.5 Å². The van der Waals surface area contributed by atoms with Gasteiger partial charge in [-0.3, -0.25) is 9.10 Å². The number of para-hydroxylation sites is 2. The smallest absolute Gasteiger partial charge is 0.271 e. The predicted octanol–water partition coefficient (Wildman–Crippen LogP) is 3.43. The van der Waals surface area contributed by atoms with Gasteiger partial charge in [0.05, 0.1) is 38.9 Å². The van der Waals surface area contributed by atoms with Gasteiger partial charge in [-0.1, -0.05) is 36.4 Å². The Morgan fingerprint density at radius 3 is 2.27 bits per heavy atom. The Balaban J connectivity index is 1.69. The van der Waals surface area contributed by atoms with Gasteiger partial charge in [0.2, 0.25) is 10.0 Å². The fraction of sp³-hybridized carbons (Fsp3) is 0.167. The number of nitrogens with one attached hydrogen (secondary N) is 1. The molecule has 8 nitrogen and oxygen atoms in total. The van der Waals surface area contributed by atoms with E-state index >= 15 is 0 Å². The Morgan fingerprint density at radius 2 is 1.67 bits per heavy atom. The molecule has 3 aromatic rings. The van der Waals surface area contributed by atoms with E-state index in [0.717, 1.165) is 11.8 Å². The molecule has 33 heavy (non-hydrogen) atoms. The molecule has 1 N–H and O–H groups in total. The number of amides is 1. The summed E-state index contributed by atoms with van der Waals surface area (Å²) >= 11 is 0. The highest BCUT2D eigenvalue weighted by Crippen LogP contribution is 2.29. The third-order valence-corrected chi connectivity index (χ3v) is 5.93. The van der Waals surface area contributed by atoms with E-state index in [1.807, 2.05) is 6.07 Å². The van der Waals surface area contributed by atoms with Crippen molar-refractivity contribution in [1.82, 2.24) is 5.43 Å². The van der Waals surface area contributed by atoms with Crippen LogP contribution in [0.3, 0.4) is 0 Å². The lowest BCUT2D eigenvalue weighted by Gasteiger charge is -2.22. The number of ether oxygens (including phenoxy) is 2. The normalized spacial score (nSPS) is 11.2. The second-order valence-corrected chi connectivity index (χ2v) is 8.99. The summed E-state index contributed by atoms with van der Waals surface area (Å²) in [4.78, 5) is 12.4. The first-order chi connectivity index (χ1) is 15.8. The van der Waals surface area contributed by atoms with Gasteiger partial charge in [0.25, 0.3) is 5.91 Å². The molecule has 0 unspecified atom stereocenters. The predicted molar refractivity (Wildman–Crippen MR) is 129 cm³/mol. The molecule has 0 atom stereocenters. The van der Waals surface area contributed by atoms with E-state index in [0.29, 0.717) is 28.3 Å². The van der Waals surface area contributed by atoms with E-state index in [2.05, 4.69) is 10.5 Å². The average molecular weight is 468 g/mol. The van der Waals surface area contributed by atoms with Crippen LogP contribution in [0.15, 0.2) is 77.9 Å². The zero-order valence-corrected chi connectivity index (χ0v) is 19.4. The fourth-order valence-corrected chi connectivity index (χ4v) is 4.05. The number of anilines is 1. The first-order valence-electron chi connectivity index (χ1n) is 9.99. The molecule has 3 rings (SSSR count). The van der Waals surface area contributed by atoms with Crippen LogP contribution in [0.1, 0.15) is 21.5 Å². The monoisotopic (exact) mass is 467 g/mol. The first kappa shape index (κ1) is 23.8.